The van der Waals surface area contributed by atoms with E-state index in [1.807, 2.05) is 26.8 Å². The smallest absolute Gasteiger partial charge is 0.255 e. The molecule has 29 heavy (non-hydrogen) atoms. The summed E-state index contributed by atoms with van der Waals surface area (Å²) in [5.74, 6) is -0.416. The van der Waals surface area contributed by atoms with Crippen molar-refractivity contribution < 1.29 is 13.8 Å². The fourth-order valence-corrected chi connectivity index (χ4v) is 5.02. The standard InChI is InChI=1S/C20H22ClN3O3S2/c1-11(2)24(4)29(27)18-10-14(6-7-15(18)21)22-20(26)13-5-8-17-16(9-13)23-19(25)12(3)28-17/h5-12H,1-4H3,(H,22,26)(H,23,25)/t12-,29?/m1/s1. The van der Waals surface area contributed by atoms with E-state index in [-0.39, 0.29) is 23.1 Å². The SMILES string of the molecule is CC(C)N(C)S(=O)c1cc(NC(=O)c2ccc3c(c2)NC(=O)[C@@H](C)S3)ccc1Cl. The van der Waals surface area contributed by atoms with Crippen molar-refractivity contribution in [3.63, 3.8) is 0 Å². The summed E-state index contributed by atoms with van der Waals surface area (Å²) in [6.45, 7) is 5.71. The molecule has 154 valence electrons. The monoisotopic (exact) mass is 451 g/mol. The fraction of sp³-hybridized carbons (Fsp3) is 0.300. The van der Waals surface area contributed by atoms with Crippen molar-refractivity contribution in [2.45, 2.75) is 41.9 Å². The van der Waals surface area contributed by atoms with Gasteiger partial charge >= 0.3 is 0 Å². The second-order valence-corrected chi connectivity index (χ2v) is 10.3. The van der Waals surface area contributed by atoms with Crippen molar-refractivity contribution in [1.82, 2.24) is 4.31 Å². The molecule has 1 heterocycles. The highest BCUT2D eigenvalue weighted by atomic mass is 35.5. The number of nitrogens with one attached hydrogen (secondary N) is 2. The van der Waals surface area contributed by atoms with Gasteiger partial charge in [-0.2, -0.15) is 0 Å². The molecule has 6 nitrogen and oxygen atoms in total. The first-order chi connectivity index (χ1) is 13.7. The third kappa shape index (κ3) is 4.83. The number of hydrogen-bond acceptors (Lipinski definition) is 4. The second-order valence-electron chi connectivity index (χ2n) is 6.95. The van der Waals surface area contributed by atoms with Crippen LogP contribution in [0.25, 0.3) is 0 Å². The number of amides is 2. The van der Waals surface area contributed by atoms with Gasteiger partial charge in [-0.3, -0.25) is 9.59 Å². The normalized spacial score (nSPS) is 17.1. The van der Waals surface area contributed by atoms with Gasteiger partial charge in [0.15, 0.2) is 0 Å². The number of benzene rings is 2. The van der Waals surface area contributed by atoms with Crippen LogP contribution >= 0.6 is 23.4 Å². The van der Waals surface area contributed by atoms with Gasteiger partial charge in [0.2, 0.25) is 5.91 Å². The molecule has 0 fully saturated rings. The van der Waals surface area contributed by atoms with Crippen molar-refractivity contribution in [3.8, 4) is 0 Å². The van der Waals surface area contributed by atoms with Crippen molar-refractivity contribution in [2.75, 3.05) is 17.7 Å². The Balaban J connectivity index is 1.81. The summed E-state index contributed by atoms with van der Waals surface area (Å²) in [6, 6.07) is 10.2. The highest BCUT2D eigenvalue weighted by molar-refractivity contribution is 8.01. The van der Waals surface area contributed by atoms with E-state index in [1.165, 1.54) is 11.8 Å². The summed E-state index contributed by atoms with van der Waals surface area (Å²) < 4.78 is 14.4. The third-order valence-electron chi connectivity index (χ3n) is 4.54. The highest BCUT2D eigenvalue weighted by Crippen LogP contribution is 2.36. The van der Waals surface area contributed by atoms with Crippen LogP contribution in [0.5, 0.6) is 0 Å². The number of halogens is 1. The van der Waals surface area contributed by atoms with Gasteiger partial charge < -0.3 is 10.6 Å². The van der Waals surface area contributed by atoms with E-state index in [2.05, 4.69) is 10.6 Å². The Morgan fingerprint density at radius 1 is 1.28 bits per heavy atom. The molecule has 0 bridgehead atoms. The molecule has 1 unspecified atom stereocenters. The summed E-state index contributed by atoms with van der Waals surface area (Å²) in [5, 5.41) is 5.83. The highest BCUT2D eigenvalue weighted by Gasteiger charge is 2.24. The van der Waals surface area contributed by atoms with Gasteiger partial charge in [0.25, 0.3) is 5.91 Å². The molecular formula is C20H22ClN3O3S2. The molecule has 2 aromatic carbocycles. The molecule has 2 N–H and O–H groups in total. The van der Waals surface area contributed by atoms with Gasteiger partial charge in [-0.25, -0.2) is 8.51 Å². The van der Waals surface area contributed by atoms with E-state index in [0.717, 1.165) is 4.90 Å². The number of thioether (sulfide) groups is 1. The zero-order valence-electron chi connectivity index (χ0n) is 16.5. The van der Waals surface area contributed by atoms with E-state index < -0.39 is 11.0 Å². The van der Waals surface area contributed by atoms with Gasteiger partial charge in [-0.1, -0.05) is 11.6 Å². The van der Waals surface area contributed by atoms with Gasteiger partial charge in [-0.05, 0) is 57.2 Å². The summed E-state index contributed by atoms with van der Waals surface area (Å²) in [6.07, 6.45) is 0. The van der Waals surface area contributed by atoms with Crippen LogP contribution in [0.15, 0.2) is 46.2 Å². The first-order valence-electron chi connectivity index (χ1n) is 9.04. The number of carbonyl (C=O) groups excluding carboxylic acids is 2. The molecule has 2 atom stereocenters. The Hall–Kier alpha value is -1.87. The Morgan fingerprint density at radius 3 is 2.69 bits per heavy atom. The predicted octanol–water partition coefficient (Wildman–Crippen LogP) is 4.39. The topological polar surface area (TPSA) is 78.5 Å². The first kappa shape index (κ1) is 21.8. The summed E-state index contributed by atoms with van der Waals surface area (Å²) in [4.78, 5) is 26.0. The van der Waals surface area contributed by atoms with Crippen LogP contribution in [-0.4, -0.2) is 38.7 Å². The van der Waals surface area contributed by atoms with E-state index >= 15 is 0 Å². The van der Waals surface area contributed by atoms with E-state index in [0.29, 0.717) is 26.9 Å². The summed E-state index contributed by atoms with van der Waals surface area (Å²) >= 11 is 7.68. The fourth-order valence-electron chi connectivity index (χ4n) is 2.61. The lowest BCUT2D eigenvalue weighted by atomic mass is 10.1. The number of anilines is 2. The molecule has 0 aliphatic carbocycles. The van der Waals surface area contributed by atoms with Gasteiger partial charge in [0.05, 0.1) is 20.9 Å². The van der Waals surface area contributed by atoms with Crippen LogP contribution in [0.4, 0.5) is 11.4 Å². The third-order valence-corrected chi connectivity index (χ3v) is 7.82. The number of carbonyl (C=O) groups is 2. The lowest BCUT2D eigenvalue weighted by molar-refractivity contribution is -0.115. The quantitative estimate of drug-likeness (QED) is 0.706. The lowest BCUT2D eigenvalue weighted by Gasteiger charge is -2.22. The van der Waals surface area contributed by atoms with Crippen molar-refractivity contribution in [2.24, 2.45) is 0 Å². The first-order valence-corrected chi connectivity index (χ1v) is 11.4. The van der Waals surface area contributed by atoms with Crippen LogP contribution < -0.4 is 10.6 Å². The molecule has 9 heteroatoms. The average molecular weight is 452 g/mol. The summed E-state index contributed by atoms with van der Waals surface area (Å²) in [5.41, 5.74) is 1.53. The molecule has 0 spiro atoms. The zero-order chi connectivity index (χ0) is 21.3. The van der Waals surface area contributed by atoms with E-state index in [9.17, 15) is 13.8 Å². The molecule has 0 saturated carbocycles. The maximum Gasteiger partial charge on any atom is 0.255 e. The molecule has 1 aliphatic heterocycles. The van der Waals surface area contributed by atoms with Crippen LogP contribution in [0, 0.1) is 0 Å². The average Bonchev–Trinajstić information content (AvgIpc) is 2.68. The second kappa shape index (κ2) is 8.87. The van der Waals surface area contributed by atoms with Crippen LogP contribution in [0.2, 0.25) is 5.02 Å². The molecule has 0 saturated heterocycles. The largest absolute Gasteiger partial charge is 0.324 e. The molecule has 0 aromatic heterocycles. The molecule has 2 amide bonds. The minimum Gasteiger partial charge on any atom is -0.324 e. The molecule has 2 aromatic rings. The molecular weight excluding hydrogens is 430 g/mol. The van der Waals surface area contributed by atoms with Crippen LogP contribution in [-0.2, 0) is 15.8 Å². The van der Waals surface area contributed by atoms with Crippen molar-refractivity contribution >= 4 is 57.5 Å². The Kier molecular flexibility index (Phi) is 6.68. The van der Waals surface area contributed by atoms with E-state index in [1.54, 1.807) is 41.7 Å². The Morgan fingerprint density at radius 2 is 2.00 bits per heavy atom. The minimum atomic E-state index is -1.45. The van der Waals surface area contributed by atoms with Crippen LogP contribution in [0.3, 0.4) is 0 Å². The number of fused-ring (bicyclic) bond motifs is 1. The maximum atomic E-state index is 12.7. The Labute approximate surface area is 182 Å². The number of nitrogens with zero attached hydrogens (tertiary/aromatic N) is 1. The van der Waals surface area contributed by atoms with E-state index in [4.69, 9.17) is 11.6 Å². The molecule has 3 rings (SSSR count). The number of rotatable bonds is 5. The predicted molar refractivity (Wildman–Crippen MR) is 119 cm³/mol. The van der Waals surface area contributed by atoms with Crippen molar-refractivity contribution in [1.29, 1.82) is 0 Å². The molecule has 0 radical (unpaired) electrons. The molecule has 1 aliphatic rings. The van der Waals surface area contributed by atoms with Gasteiger partial charge in [0, 0.05) is 29.2 Å². The lowest BCUT2D eigenvalue weighted by Crippen LogP contribution is -2.28. The maximum absolute atomic E-state index is 12.7. The Bertz CT molecular complexity index is 997. The van der Waals surface area contributed by atoms with Crippen molar-refractivity contribution in [3.05, 3.63) is 47.0 Å². The zero-order valence-corrected chi connectivity index (χ0v) is 18.9. The van der Waals surface area contributed by atoms with Crippen LogP contribution in [0.1, 0.15) is 31.1 Å². The minimum absolute atomic E-state index is 0.0661. The number of hydrogen-bond donors (Lipinski definition) is 2. The van der Waals surface area contributed by atoms with Gasteiger partial charge in [0.1, 0.15) is 11.0 Å². The van der Waals surface area contributed by atoms with Gasteiger partial charge in [-0.15, -0.1) is 11.8 Å². The summed E-state index contributed by atoms with van der Waals surface area (Å²) in [7, 11) is 0.304.